The van der Waals surface area contributed by atoms with Gasteiger partial charge in [-0.25, -0.2) is 0 Å². The normalized spacial score (nSPS) is 11.6. The molecule has 0 amide bonds. The quantitative estimate of drug-likeness (QED) is 0.301. The Hall–Kier alpha value is -3.32. The molecule has 0 N–H and O–H groups in total. The van der Waals surface area contributed by atoms with Gasteiger partial charge in [0.05, 0.1) is 0 Å². The minimum absolute atomic E-state index is 0.405. The third kappa shape index (κ3) is 3.03. The van der Waals surface area contributed by atoms with E-state index in [2.05, 4.69) is 116 Å². The molecule has 0 fully saturated rings. The Labute approximate surface area is 172 Å². The van der Waals surface area contributed by atoms with E-state index in [1.165, 1.54) is 49.6 Å². The van der Waals surface area contributed by atoms with Crippen LogP contribution in [0.25, 0.3) is 44.1 Å². The van der Waals surface area contributed by atoms with Gasteiger partial charge in [0.15, 0.2) is 0 Å². The molecule has 4 aromatic carbocycles. The third-order valence-corrected chi connectivity index (χ3v) is 5.78. The summed E-state index contributed by atoms with van der Waals surface area (Å²) < 4.78 is 2.46. The van der Waals surface area contributed by atoms with Crippen LogP contribution < -0.4 is 0 Å². The van der Waals surface area contributed by atoms with Gasteiger partial charge in [-0.1, -0.05) is 72.3 Å². The van der Waals surface area contributed by atoms with Crippen LogP contribution in [0.4, 0.5) is 0 Å². The van der Waals surface area contributed by atoms with Crippen molar-refractivity contribution in [1.82, 2.24) is 4.57 Å². The van der Waals surface area contributed by atoms with Crippen molar-refractivity contribution in [3.05, 3.63) is 96.6 Å². The number of benzene rings is 4. The van der Waals surface area contributed by atoms with Gasteiger partial charge >= 0.3 is 0 Å². The van der Waals surface area contributed by atoms with Crippen LogP contribution in [0.1, 0.15) is 25.5 Å². The van der Waals surface area contributed by atoms with Crippen molar-refractivity contribution < 1.29 is 0 Å². The molecule has 0 radical (unpaired) electrons. The molecular formula is C28H25N. The summed E-state index contributed by atoms with van der Waals surface area (Å²) >= 11 is 0. The first kappa shape index (κ1) is 17.8. The molecule has 0 aliphatic rings. The first-order valence-electron chi connectivity index (χ1n) is 10.3. The molecule has 0 bridgehead atoms. The monoisotopic (exact) mass is 375 g/mol. The van der Waals surface area contributed by atoms with Crippen molar-refractivity contribution in [1.29, 1.82) is 0 Å². The molecule has 1 nitrogen and oxygen atoms in total. The van der Waals surface area contributed by atoms with E-state index in [0.717, 1.165) is 0 Å². The van der Waals surface area contributed by atoms with Crippen LogP contribution in [0.2, 0.25) is 0 Å². The van der Waals surface area contributed by atoms with E-state index in [9.17, 15) is 0 Å². The Bertz CT molecular complexity index is 1320. The minimum Gasteiger partial charge on any atom is -0.338 e. The fourth-order valence-electron chi connectivity index (χ4n) is 4.42. The molecule has 0 unspecified atom stereocenters. The van der Waals surface area contributed by atoms with E-state index < -0.39 is 0 Å². The molecule has 0 aliphatic heterocycles. The fourth-order valence-corrected chi connectivity index (χ4v) is 4.42. The highest BCUT2D eigenvalue weighted by atomic mass is 15.0. The topological polar surface area (TPSA) is 4.93 Å². The second kappa shape index (κ2) is 6.93. The first-order valence-corrected chi connectivity index (χ1v) is 10.3. The van der Waals surface area contributed by atoms with E-state index in [-0.39, 0.29) is 0 Å². The molecular weight excluding hydrogens is 350 g/mol. The summed E-state index contributed by atoms with van der Waals surface area (Å²) in [5, 5.41) is 2.65. The highest BCUT2D eigenvalue weighted by molar-refractivity contribution is 6.10. The molecule has 142 valence electrons. The maximum Gasteiger partial charge on any atom is 0.0494 e. The summed E-state index contributed by atoms with van der Waals surface area (Å²) in [6.45, 7) is 6.68. The van der Waals surface area contributed by atoms with Crippen molar-refractivity contribution in [3.63, 3.8) is 0 Å². The third-order valence-electron chi connectivity index (χ3n) is 5.78. The molecule has 5 aromatic rings. The Morgan fingerprint density at radius 2 is 1.10 bits per heavy atom. The number of aromatic nitrogens is 1. The smallest absolute Gasteiger partial charge is 0.0494 e. The number of aryl methyl sites for hydroxylation is 1. The zero-order valence-corrected chi connectivity index (χ0v) is 17.2. The Balaban J connectivity index is 1.80. The van der Waals surface area contributed by atoms with Crippen LogP contribution in [-0.2, 0) is 0 Å². The van der Waals surface area contributed by atoms with Crippen molar-refractivity contribution in [3.8, 4) is 22.3 Å². The van der Waals surface area contributed by atoms with Gasteiger partial charge in [0.25, 0.3) is 0 Å². The minimum atomic E-state index is 0.405. The fraction of sp³-hybridized carbons (Fsp3) is 0.143. The highest BCUT2D eigenvalue weighted by Gasteiger charge is 2.14. The molecule has 0 atom stereocenters. The van der Waals surface area contributed by atoms with Crippen LogP contribution in [0.5, 0.6) is 0 Å². The Kier molecular flexibility index (Phi) is 4.24. The summed E-state index contributed by atoms with van der Waals surface area (Å²) in [6.07, 6.45) is 0. The molecule has 0 spiro atoms. The van der Waals surface area contributed by atoms with Gasteiger partial charge in [0.2, 0.25) is 0 Å². The van der Waals surface area contributed by atoms with Gasteiger partial charge in [0.1, 0.15) is 0 Å². The van der Waals surface area contributed by atoms with Gasteiger partial charge in [-0.2, -0.15) is 0 Å². The maximum absolute atomic E-state index is 2.46. The van der Waals surface area contributed by atoms with Crippen LogP contribution in [-0.4, -0.2) is 4.57 Å². The molecule has 0 saturated heterocycles. The number of rotatable bonds is 3. The van der Waals surface area contributed by atoms with Crippen molar-refractivity contribution in [2.24, 2.45) is 0 Å². The largest absolute Gasteiger partial charge is 0.338 e. The lowest BCUT2D eigenvalue weighted by Crippen LogP contribution is -1.99. The SMILES string of the molecule is Cc1cccc(-c2ccc3c(c2)c2cc(-c4ccccc4)ccc2n3C(C)C)c1. The molecule has 29 heavy (non-hydrogen) atoms. The molecule has 0 saturated carbocycles. The van der Waals surface area contributed by atoms with E-state index in [1.54, 1.807) is 0 Å². The van der Waals surface area contributed by atoms with Gasteiger partial charge < -0.3 is 4.57 Å². The number of nitrogens with zero attached hydrogens (tertiary/aromatic N) is 1. The Morgan fingerprint density at radius 1 is 0.552 bits per heavy atom. The van der Waals surface area contributed by atoms with Crippen molar-refractivity contribution in [2.45, 2.75) is 26.8 Å². The van der Waals surface area contributed by atoms with Gasteiger partial charge in [-0.3, -0.25) is 0 Å². The van der Waals surface area contributed by atoms with E-state index in [1.807, 2.05) is 0 Å². The zero-order chi connectivity index (χ0) is 20.0. The number of fused-ring (bicyclic) bond motifs is 3. The van der Waals surface area contributed by atoms with Crippen LogP contribution in [0.15, 0.2) is 91.0 Å². The second-order valence-electron chi connectivity index (χ2n) is 8.16. The average molecular weight is 376 g/mol. The van der Waals surface area contributed by atoms with E-state index in [0.29, 0.717) is 6.04 Å². The summed E-state index contributed by atoms with van der Waals surface area (Å²) in [5.41, 5.74) is 8.97. The Morgan fingerprint density at radius 3 is 1.69 bits per heavy atom. The lowest BCUT2D eigenvalue weighted by molar-refractivity contribution is 0.642. The average Bonchev–Trinajstić information content (AvgIpc) is 3.07. The molecule has 0 aliphatic carbocycles. The maximum atomic E-state index is 2.46. The van der Waals surface area contributed by atoms with Gasteiger partial charge in [0, 0.05) is 27.8 Å². The molecule has 1 heterocycles. The van der Waals surface area contributed by atoms with Crippen LogP contribution in [0.3, 0.4) is 0 Å². The first-order chi connectivity index (χ1) is 14.1. The van der Waals surface area contributed by atoms with E-state index in [4.69, 9.17) is 0 Å². The van der Waals surface area contributed by atoms with Crippen LogP contribution >= 0.6 is 0 Å². The number of hydrogen-bond donors (Lipinski definition) is 0. The molecule has 1 aromatic heterocycles. The molecule has 5 rings (SSSR count). The lowest BCUT2D eigenvalue weighted by atomic mass is 9.99. The summed E-state index contributed by atoms with van der Waals surface area (Å²) in [6, 6.07) is 33.6. The van der Waals surface area contributed by atoms with Crippen molar-refractivity contribution >= 4 is 21.8 Å². The summed E-state index contributed by atoms with van der Waals surface area (Å²) in [4.78, 5) is 0. The van der Waals surface area contributed by atoms with Gasteiger partial charge in [-0.15, -0.1) is 0 Å². The van der Waals surface area contributed by atoms with Crippen LogP contribution in [0, 0.1) is 6.92 Å². The lowest BCUT2D eigenvalue weighted by Gasteiger charge is -2.12. The zero-order valence-electron chi connectivity index (χ0n) is 17.2. The number of hydrogen-bond acceptors (Lipinski definition) is 0. The molecule has 1 heteroatoms. The van der Waals surface area contributed by atoms with Gasteiger partial charge in [-0.05, 0) is 67.3 Å². The second-order valence-corrected chi connectivity index (χ2v) is 8.16. The predicted octanol–water partition coefficient (Wildman–Crippen LogP) is 8.02. The van der Waals surface area contributed by atoms with Crippen molar-refractivity contribution in [2.75, 3.05) is 0 Å². The van der Waals surface area contributed by atoms with E-state index >= 15 is 0 Å². The predicted molar refractivity (Wildman–Crippen MR) is 125 cm³/mol. The standard InChI is InChI=1S/C28H25N/c1-19(2)29-27-14-12-23(21-9-5-4-6-10-21)17-25(27)26-18-24(13-15-28(26)29)22-11-7-8-20(3)16-22/h4-19H,1-3H3. The highest BCUT2D eigenvalue weighted by Crippen LogP contribution is 2.37. The summed E-state index contributed by atoms with van der Waals surface area (Å²) in [5.74, 6) is 0. The summed E-state index contributed by atoms with van der Waals surface area (Å²) in [7, 11) is 0.